The van der Waals surface area contributed by atoms with Crippen molar-refractivity contribution in [2.24, 2.45) is 5.92 Å². The van der Waals surface area contributed by atoms with E-state index in [0.717, 1.165) is 24.6 Å². The molecule has 0 radical (unpaired) electrons. The lowest BCUT2D eigenvalue weighted by molar-refractivity contribution is 0.181. The van der Waals surface area contributed by atoms with Gasteiger partial charge in [0.2, 0.25) is 0 Å². The van der Waals surface area contributed by atoms with Gasteiger partial charge in [0.05, 0.1) is 7.11 Å². The van der Waals surface area contributed by atoms with Crippen LogP contribution in [0.15, 0.2) is 40.9 Å². The van der Waals surface area contributed by atoms with Gasteiger partial charge in [0.1, 0.15) is 5.76 Å². The van der Waals surface area contributed by atoms with E-state index in [9.17, 15) is 0 Å². The summed E-state index contributed by atoms with van der Waals surface area (Å²) < 4.78 is 10.3. The van der Waals surface area contributed by atoms with Crippen LogP contribution < -0.4 is 4.74 Å². The lowest BCUT2D eigenvalue weighted by Crippen LogP contribution is -2.35. The van der Waals surface area contributed by atoms with Gasteiger partial charge in [0, 0.05) is 19.0 Å². The van der Waals surface area contributed by atoms with Gasteiger partial charge in [0.15, 0.2) is 0 Å². The Balaban J connectivity index is 1.40. The third-order valence-corrected chi connectivity index (χ3v) is 4.50. The third kappa shape index (κ3) is 4.10. The van der Waals surface area contributed by atoms with E-state index in [-0.39, 0.29) is 0 Å². The molecule has 1 aromatic heterocycles. The second kappa shape index (κ2) is 7.45. The monoisotopic (exact) mass is 300 g/mol. The first kappa shape index (κ1) is 15.1. The Labute approximate surface area is 132 Å². The Morgan fingerprint density at radius 2 is 2.00 bits per heavy atom. The maximum Gasteiger partial charge on any atom is 0.254 e. The summed E-state index contributed by atoms with van der Waals surface area (Å²) in [6.07, 6.45) is 4.69. The first-order valence-electron chi connectivity index (χ1n) is 8.09. The van der Waals surface area contributed by atoms with Gasteiger partial charge in [-0.3, -0.25) is 0 Å². The van der Waals surface area contributed by atoms with E-state index < -0.39 is 0 Å². The van der Waals surface area contributed by atoms with Gasteiger partial charge in [-0.1, -0.05) is 30.3 Å². The van der Waals surface area contributed by atoms with E-state index in [2.05, 4.69) is 40.4 Å². The lowest BCUT2D eigenvalue weighted by Gasteiger charge is -2.31. The molecule has 118 valence electrons. The molecule has 0 N–H and O–H groups in total. The van der Waals surface area contributed by atoms with E-state index in [1.807, 2.05) is 6.07 Å². The Morgan fingerprint density at radius 1 is 1.23 bits per heavy atom. The summed E-state index contributed by atoms with van der Waals surface area (Å²) in [6, 6.07) is 12.7. The van der Waals surface area contributed by atoms with Gasteiger partial charge in [-0.25, -0.2) is 0 Å². The molecular formula is C18H24N2O2. The van der Waals surface area contributed by atoms with E-state index in [0.29, 0.717) is 5.88 Å². The number of likely N-dealkylation sites (tertiary alicyclic amines) is 1. The fraction of sp³-hybridized carbons (Fsp3) is 0.500. The molecule has 1 fully saturated rings. The number of hydrogen-bond donors (Lipinski definition) is 0. The normalized spacial score (nSPS) is 16.8. The highest BCUT2D eigenvalue weighted by Gasteiger charge is 2.19. The molecule has 1 aliphatic rings. The van der Waals surface area contributed by atoms with E-state index >= 15 is 0 Å². The fourth-order valence-electron chi connectivity index (χ4n) is 3.14. The summed E-state index contributed by atoms with van der Waals surface area (Å²) in [5.41, 5.74) is 1.47. The topological polar surface area (TPSA) is 38.5 Å². The Hall–Kier alpha value is -1.81. The van der Waals surface area contributed by atoms with Crippen LogP contribution in [0.3, 0.4) is 0 Å². The second-order valence-corrected chi connectivity index (χ2v) is 6.06. The zero-order chi connectivity index (χ0) is 15.2. The fourth-order valence-corrected chi connectivity index (χ4v) is 3.14. The minimum absolute atomic E-state index is 0.566. The smallest absolute Gasteiger partial charge is 0.254 e. The summed E-state index contributed by atoms with van der Waals surface area (Å²) in [7, 11) is 1.61. The average molecular weight is 300 g/mol. The molecule has 0 amide bonds. The van der Waals surface area contributed by atoms with Crippen molar-refractivity contribution in [2.75, 3.05) is 26.7 Å². The van der Waals surface area contributed by atoms with Crippen LogP contribution in [0.25, 0.3) is 0 Å². The molecule has 0 atom stereocenters. The standard InChI is InChI=1S/C18H24N2O2/c1-21-18-14-17(22-19-18)9-12-20-10-7-16(8-11-20)13-15-5-3-2-4-6-15/h2-6,14,16H,7-13H2,1H3. The van der Waals surface area contributed by atoms with Gasteiger partial charge in [-0.05, 0) is 49.0 Å². The zero-order valence-electron chi connectivity index (χ0n) is 13.2. The Kier molecular flexibility index (Phi) is 5.11. The maximum atomic E-state index is 5.25. The first-order valence-corrected chi connectivity index (χ1v) is 8.09. The molecule has 2 aromatic rings. The van der Waals surface area contributed by atoms with E-state index in [1.165, 1.54) is 37.9 Å². The minimum atomic E-state index is 0.566. The van der Waals surface area contributed by atoms with Crippen LogP contribution in [0.1, 0.15) is 24.2 Å². The summed E-state index contributed by atoms with van der Waals surface area (Å²) in [4.78, 5) is 2.52. The number of ether oxygens (including phenoxy) is 1. The van der Waals surface area contributed by atoms with Crippen LogP contribution in [0.5, 0.6) is 5.88 Å². The van der Waals surface area contributed by atoms with Crippen molar-refractivity contribution in [2.45, 2.75) is 25.7 Å². The van der Waals surface area contributed by atoms with Crippen molar-refractivity contribution in [3.8, 4) is 5.88 Å². The molecule has 3 rings (SSSR count). The molecule has 0 aliphatic carbocycles. The van der Waals surface area contributed by atoms with E-state index in [1.54, 1.807) is 7.11 Å². The van der Waals surface area contributed by atoms with Crippen LogP contribution in [-0.4, -0.2) is 36.8 Å². The third-order valence-electron chi connectivity index (χ3n) is 4.50. The van der Waals surface area contributed by atoms with Gasteiger partial charge in [-0.2, -0.15) is 0 Å². The minimum Gasteiger partial charge on any atom is -0.479 e. The van der Waals surface area contributed by atoms with Crippen LogP contribution in [0.2, 0.25) is 0 Å². The number of aromatic nitrogens is 1. The summed E-state index contributed by atoms with van der Waals surface area (Å²) in [5, 5.41) is 3.84. The molecule has 0 saturated carbocycles. The lowest BCUT2D eigenvalue weighted by atomic mass is 9.90. The zero-order valence-corrected chi connectivity index (χ0v) is 13.2. The molecule has 22 heavy (non-hydrogen) atoms. The maximum absolute atomic E-state index is 5.25. The van der Waals surface area contributed by atoms with Gasteiger partial charge >= 0.3 is 0 Å². The predicted octanol–water partition coefficient (Wildman–Crippen LogP) is 3.18. The first-order chi connectivity index (χ1) is 10.8. The van der Waals surface area contributed by atoms with Crippen molar-refractivity contribution >= 4 is 0 Å². The number of rotatable bonds is 6. The van der Waals surface area contributed by atoms with Gasteiger partial charge < -0.3 is 14.2 Å². The molecule has 4 nitrogen and oxygen atoms in total. The predicted molar refractivity (Wildman–Crippen MR) is 86.1 cm³/mol. The highest BCUT2D eigenvalue weighted by molar-refractivity contribution is 5.15. The summed E-state index contributed by atoms with van der Waals surface area (Å²) >= 11 is 0. The van der Waals surface area contributed by atoms with Crippen molar-refractivity contribution in [3.63, 3.8) is 0 Å². The number of methoxy groups -OCH3 is 1. The Morgan fingerprint density at radius 3 is 2.68 bits per heavy atom. The summed E-state index contributed by atoms with van der Waals surface area (Å²) in [5.74, 6) is 2.30. The largest absolute Gasteiger partial charge is 0.479 e. The van der Waals surface area contributed by atoms with Gasteiger partial charge in [0.25, 0.3) is 5.88 Å². The molecule has 4 heteroatoms. The van der Waals surface area contributed by atoms with Crippen LogP contribution in [0.4, 0.5) is 0 Å². The molecule has 0 spiro atoms. The van der Waals surface area contributed by atoms with Gasteiger partial charge in [-0.15, -0.1) is 0 Å². The molecule has 1 aromatic carbocycles. The molecular weight excluding hydrogens is 276 g/mol. The molecule has 0 bridgehead atoms. The average Bonchev–Trinajstić information content (AvgIpc) is 3.03. The van der Waals surface area contributed by atoms with Crippen molar-refractivity contribution in [1.29, 1.82) is 0 Å². The number of piperidine rings is 1. The van der Waals surface area contributed by atoms with Crippen molar-refractivity contribution < 1.29 is 9.26 Å². The quantitative estimate of drug-likeness (QED) is 0.821. The highest BCUT2D eigenvalue weighted by Crippen LogP contribution is 2.22. The Bertz CT molecular complexity index is 559. The molecule has 1 saturated heterocycles. The van der Waals surface area contributed by atoms with Crippen molar-refractivity contribution in [1.82, 2.24) is 10.1 Å². The molecule has 1 aliphatic heterocycles. The van der Waals surface area contributed by atoms with Crippen LogP contribution in [0, 0.1) is 5.92 Å². The van der Waals surface area contributed by atoms with E-state index in [4.69, 9.17) is 9.26 Å². The van der Waals surface area contributed by atoms with Crippen LogP contribution in [-0.2, 0) is 12.8 Å². The molecule has 0 unspecified atom stereocenters. The highest BCUT2D eigenvalue weighted by atomic mass is 16.5. The SMILES string of the molecule is COc1cc(CCN2CCC(Cc3ccccc3)CC2)on1. The molecule has 2 heterocycles. The van der Waals surface area contributed by atoms with Crippen molar-refractivity contribution in [3.05, 3.63) is 47.7 Å². The number of nitrogens with zero attached hydrogens (tertiary/aromatic N) is 2. The summed E-state index contributed by atoms with van der Waals surface area (Å²) in [6.45, 7) is 3.40. The van der Waals surface area contributed by atoms with Crippen LogP contribution >= 0.6 is 0 Å². The second-order valence-electron chi connectivity index (χ2n) is 6.06. The number of benzene rings is 1. The number of hydrogen-bond acceptors (Lipinski definition) is 4.